The van der Waals surface area contributed by atoms with E-state index in [-0.39, 0.29) is 24.0 Å². The average molecular weight is 381 g/mol. The van der Waals surface area contributed by atoms with Gasteiger partial charge in [0, 0.05) is 18.0 Å². The third kappa shape index (κ3) is 7.92. The number of rotatable bonds is 6. The number of nitrogens with one attached hydrogen (secondary N) is 1. The van der Waals surface area contributed by atoms with Crippen molar-refractivity contribution in [1.82, 2.24) is 5.32 Å². The fourth-order valence-electron chi connectivity index (χ4n) is 1.46. The van der Waals surface area contributed by atoms with Crippen molar-refractivity contribution >= 4 is 41.3 Å². The molecule has 1 rings (SSSR count). The van der Waals surface area contributed by atoms with Gasteiger partial charge in [-0.05, 0) is 29.7 Å². The number of hydrogen-bond donors (Lipinski definition) is 2. The van der Waals surface area contributed by atoms with Gasteiger partial charge >= 0.3 is 0 Å². The zero-order valence-corrected chi connectivity index (χ0v) is 14.5. The van der Waals surface area contributed by atoms with Gasteiger partial charge in [-0.25, -0.2) is 0 Å². The van der Waals surface area contributed by atoms with Crippen molar-refractivity contribution < 1.29 is 0 Å². The van der Waals surface area contributed by atoms with E-state index in [4.69, 9.17) is 5.73 Å². The van der Waals surface area contributed by atoms with E-state index in [1.807, 2.05) is 11.3 Å². The molecule has 0 aromatic carbocycles. The van der Waals surface area contributed by atoms with E-state index >= 15 is 0 Å². The second-order valence-electron chi connectivity index (χ2n) is 4.89. The van der Waals surface area contributed by atoms with E-state index in [2.05, 4.69) is 48.6 Å². The van der Waals surface area contributed by atoms with Crippen molar-refractivity contribution in [2.24, 2.45) is 22.6 Å². The number of hydrogen-bond acceptors (Lipinski definition) is 2. The molecule has 3 nitrogen and oxygen atoms in total. The summed E-state index contributed by atoms with van der Waals surface area (Å²) in [7, 11) is 0. The topological polar surface area (TPSA) is 50.4 Å². The minimum absolute atomic E-state index is 0. The van der Waals surface area contributed by atoms with E-state index in [0.717, 1.165) is 19.5 Å². The van der Waals surface area contributed by atoms with Gasteiger partial charge in [0.2, 0.25) is 0 Å². The fourth-order valence-corrected chi connectivity index (χ4v) is 2.33. The first-order valence-corrected chi connectivity index (χ1v) is 7.02. The molecule has 0 saturated heterocycles. The Bertz CT molecular complexity index is 336. The van der Waals surface area contributed by atoms with Crippen LogP contribution in [-0.2, 0) is 6.42 Å². The monoisotopic (exact) mass is 381 g/mol. The van der Waals surface area contributed by atoms with Crippen LogP contribution in [0, 0.1) is 11.8 Å². The first-order chi connectivity index (χ1) is 8.08. The van der Waals surface area contributed by atoms with Gasteiger partial charge in [-0.15, -0.1) is 35.3 Å². The largest absolute Gasteiger partial charge is 0.370 e. The lowest BCUT2D eigenvalue weighted by molar-refractivity contribution is 0.565. The van der Waals surface area contributed by atoms with Crippen LogP contribution in [0.4, 0.5) is 0 Å². The van der Waals surface area contributed by atoms with Crippen LogP contribution < -0.4 is 11.1 Å². The minimum Gasteiger partial charge on any atom is -0.370 e. The number of nitrogens with two attached hydrogens (primary N) is 1. The minimum atomic E-state index is 0. The number of thiophene rings is 1. The summed E-state index contributed by atoms with van der Waals surface area (Å²) in [6.07, 6.45) is 1.10. The summed E-state index contributed by atoms with van der Waals surface area (Å²) < 4.78 is 0. The SMILES string of the molecule is CC(C)CN=C(N)NCC(C)Cc1cccs1.I. The van der Waals surface area contributed by atoms with Crippen LogP contribution in [0.3, 0.4) is 0 Å². The molecular weight excluding hydrogens is 357 g/mol. The molecule has 0 aliphatic heterocycles. The first-order valence-electron chi connectivity index (χ1n) is 6.14. The standard InChI is InChI=1S/C13H23N3S.HI/c1-10(2)8-15-13(14)16-9-11(3)7-12-5-4-6-17-12;/h4-6,10-11H,7-9H2,1-3H3,(H3,14,15,16);1H. The van der Waals surface area contributed by atoms with Crippen molar-refractivity contribution in [2.45, 2.75) is 27.2 Å². The van der Waals surface area contributed by atoms with Gasteiger partial charge in [0.1, 0.15) is 0 Å². The van der Waals surface area contributed by atoms with Crippen LogP contribution in [0.2, 0.25) is 0 Å². The van der Waals surface area contributed by atoms with E-state index < -0.39 is 0 Å². The quantitative estimate of drug-likeness (QED) is 0.452. The lowest BCUT2D eigenvalue weighted by atomic mass is 10.1. The van der Waals surface area contributed by atoms with Gasteiger partial charge in [-0.3, -0.25) is 4.99 Å². The maximum Gasteiger partial charge on any atom is 0.188 e. The molecule has 0 aliphatic carbocycles. The predicted molar refractivity (Wildman–Crippen MR) is 91.9 cm³/mol. The molecule has 1 aromatic heterocycles. The highest BCUT2D eigenvalue weighted by Crippen LogP contribution is 2.13. The molecule has 5 heteroatoms. The normalized spacial score (nSPS) is 13.2. The first kappa shape index (κ1) is 17.7. The van der Waals surface area contributed by atoms with Crippen molar-refractivity contribution in [3.8, 4) is 0 Å². The highest BCUT2D eigenvalue weighted by atomic mass is 127. The summed E-state index contributed by atoms with van der Waals surface area (Å²) in [6.45, 7) is 8.16. The third-order valence-corrected chi connectivity index (χ3v) is 3.29. The predicted octanol–water partition coefficient (Wildman–Crippen LogP) is 3.11. The van der Waals surface area contributed by atoms with Crippen molar-refractivity contribution in [1.29, 1.82) is 0 Å². The van der Waals surface area contributed by atoms with Gasteiger partial charge in [0.15, 0.2) is 5.96 Å². The van der Waals surface area contributed by atoms with Crippen molar-refractivity contribution in [3.05, 3.63) is 22.4 Å². The summed E-state index contributed by atoms with van der Waals surface area (Å²) in [6, 6.07) is 4.27. The molecule has 1 aromatic rings. The highest BCUT2D eigenvalue weighted by Gasteiger charge is 2.04. The van der Waals surface area contributed by atoms with Crippen LogP contribution in [0.25, 0.3) is 0 Å². The second-order valence-corrected chi connectivity index (χ2v) is 5.92. The summed E-state index contributed by atoms with van der Waals surface area (Å²) in [4.78, 5) is 5.71. The lowest BCUT2D eigenvalue weighted by Gasteiger charge is -2.12. The second kappa shape index (κ2) is 9.61. The Morgan fingerprint density at radius 2 is 2.17 bits per heavy atom. The van der Waals surface area contributed by atoms with Crippen LogP contribution in [0.15, 0.2) is 22.5 Å². The van der Waals surface area contributed by atoms with Gasteiger partial charge < -0.3 is 11.1 Å². The van der Waals surface area contributed by atoms with Crippen LogP contribution in [-0.4, -0.2) is 19.0 Å². The summed E-state index contributed by atoms with van der Waals surface area (Å²) in [5, 5.41) is 5.30. The van der Waals surface area contributed by atoms with Gasteiger partial charge in [0.05, 0.1) is 0 Å². The Morgan fingerprint density at radius 1 is 1.44 bits per heavy atom. The molecule has 1 atom stereocenters. The molecule has 0 saturated carbocycles. The Morgan fingerprint density at radius 3 is 2.72 bits per heavy atom. The Kier molecular flexibility index (Phi) is 9.45. The maximum absolute atomic E-state index is 5.79. The number of nitrogens with zero attached hydrogens (tertiary/aromatic N) is 1. The van der Waals surface area contributed by atoms with Gasteiger partial charge in [-0.1, -0.05) is 26.8 Å². The molecule has 1 heterocycles. The molecule has 3 N–H and O–H groups in total. The average Bonchev–Trinajstić information content (AvgIpc) is 2.76. The van der Waals surface area contributed by atoms with E-state index in [0.29, 0.717) is 17.8 Å². The molecule has 18 heavy (non-hydrogen) atoms. The van der Waals surface area contributed by atoms with Crippen LogP contribution in [0.1, 0.15) is 25.6 Å². The van der Waals surface area contributed by atoms with Crippen molar-refractivity contribution in [2.75, 3.05) is 13.1 Å². The molecule has 0 fully saturated rings. The molecule has 1 unspecified atom stereocenters. The number of guanidine groups is 1. The number of halogens is 1. The summed E-state index contributed by atoms with van der Waals surface area (Å²) in [5.41, 5.74) is 5.79. The zero-order valence-electron chi connectivity index (χ0n) is 11.3. The molecule has 0 spiro atoms. The van der Waals surface area contributed by atoms with Crippen LogP contribution >= 0.6 is 35.3 Å². The maximum atomic E-state index is 5.79. The lowest BCUT2D eigenvalue weighted by Crippen LogP contribution is -2.35. The van der Waals surface area contributed by atoms with E-state index in [1.165, 1.54) is 4.88 Å². The summed E-state index contributed by atoms with van der Waals surface area (Å²) in [5.74, 6) is 1.69. The molecule has 0 bridgehead atoms. The molecular formula is C13H24IN3S. The van der Waals surface area contributed by atoms with E-state index in [1.54, 1.807) is 0 Å². The molecule has 104 valence electrons. The Balaban J connectivity index is 0.00000289. The Labute approximate surface area is 131 Å². The number of aliphatic imine (C=N–C) groups is 1. The smallest absolute Gasteiger partial charge is 0.188 e. The zero-order chi connectivity index (χ0) is 12.7. The van der Waals surface area contributed by atoms with E-state index in [9.17, 15) is 0 Å². The molecule has 0 amide bonds. The van der Waals surface area contributed by atoms with Crippen molar-refractivity contribution in [3.63, 3.8) is 0 Å². The third-order valence-electron chi connectivity index (χ3n) is 2.39. The summed E-state index contributed by atoms with van der Waals surface area (Å²) >= 11 is 1.81. The Hall–Kier alpha value is -0.300. The molecule has 0 radical (unpaired) electrons. The highest BCUT2D eigenvalue weighted by molar-refractivity contribution is 14.0. The molecule has 0 aliphatic rings. The fraction of sp³-hybridized carbons (Fsp3) is 0.615. The van der Waals surface area contributed by atoms with Gasteiger partial charge in [-0.2, -0.15) is 0 Å². The van der Waals surface area contributed by atoms with Gasteiger partial charge in [0.25, 0.3) is 0 Å². The van der Waals surface area contributed by atoms with Crippen LogP contribution in [0.5, 0.6) is 0 Å².